The number of nitrogens with two attached hydrogens (primary N) is 1. The van der Waals surface area contributed by atoms with E-state index in [2.05, 4.69) is 4.74 Å². The third-order valence-electron chi connectivity index (χ3n) is 2.39. The van der Waals surface area contributed by atoms with Crippen LogP contribution in [0.5, 0.6) is 5.75 Å². The SMILES string of the molecule is Cl.N[C@@H](c1ccc(OC(F)(F)F)c(Cl)c1)c1cccs1. The summed E-state index contributed by atoms with van der Waals surface area (Å²) in [4.78, 5) is 0.903. The Hall–Kier alpha value is -0.950. The molecule has 0 amide bonds. The minimum absolute atomic E-state index is 0. The van der Waals surface area contributed by atoms with E-state index in [1.54, 1.807) is 0 Å². The lowest BCUT2D eigenvalue weighted by molar-refractivity contribution is -0.274. The molecule has 110 valence electrons. The third kappa shape index (κ3) is 4.28. The van der Waals surface area contributed by atoms with Gasteiger partial charge in [-0.3, -0.25) is 0 Å². The van der Waals surface area contributed by atoms with Gasteiger partial charge in [-0.05, 0) is 29.1 Å². The van der Waals surface area contributed by atoms with E-state index in [0.717, 1.165) is 4.88 Å². The molecule has 0 saturated carbocycles. The van der Waals surface area contributed by atoms with E-state index in [0.29, 0.717) is 5.56 Å². The monoisotopic (exact) mass is 343 g/mol. The second-order valence-corrected chi connectivity index (χ2v) is 5.12. The average molecular weight is 344 g/mol. The van der Waals surface area contributed by atoms with E-state index < -0.39 is 18.2 Å². The molecular weight excluding hydrogens is 334 g/mol. The molecule has 2 N–H and O–H groups in total. The van der Waals surface area contributed by atoms with Crippen LogP contribution in [0.2, 0.25) is 5.02 Å². The number of thiophene rings is 1. The summed E-state index contributed by atoms with van der Waals surface area (Å²) in [5.74, 6) is -0.434. The quantitative estimate of drug-likeness (QED) is 0.871. The van der Waals surface area contributed by atoms with Crippen molar-refractivity contribution in [1.29, 1.82) is 0 Å². The number of benzene rings is 1. The highest BCUT2D eigenvalue weighted by molar-refractivity contribution is 7.10. The molecule has 2 rings (SSSR count). The Kier molecular flexibility index (Phi) is 5.70. The van der Waals surface area contributed by atoms with Crippen LogP contribution in [-0.4, -0.2) is 6.36 Å². The topological polar surface area (TPSA) is 35.2 Å². The summed E-state index contributed by atoms with van der Waals surface area (Å²) >= 11 is 7.23. The molecule has 0 fully saturated rings. The van der Waals surface area contributed by atoms with E-state index in [1.165, 1.54) is 29.5 Å². The number of rotatable bonds is 3. The highest BCUT2D eigenvalue weighted by atomic mass is 35.5. The van der Waals surface area contributed by atoms with Gasteiger partial charge in [0.2, 0.25) is 0 Å². The van der Waals surface area contributed by atoms with Crippen molar-refractivity contribution in [3.63, 3.8) is 0 Å². The van der Waals surface area contributed by atoms with Gasteiger partial charge in [0.1, 0.15) is 5.75 Å². The Balaban J connectivity index is 0.00000200. The highest BCUT2D eigenvalue weighted by Crippen LogP contribution is 2.33. The molecule has 0 spiro atoms. The predicted octanol–water partition coefficient (Wildman–Crippen LogP) is 4.77. The van der Waals surface area contributed by atoms with E-state index in [4.69, 9.17) is 17.3 Å². The maximum Gasteiger partial charge on any atom is 0.573 e. The Bertz CT molecular complexity index is 560. The number of alkyl halides is 3. The lowest BCUT2D eigenvalue weighted by atomic mass is 10.1. The van der Waals surface area contributed by atoms with Crippen LogP contribution < -0.4 is 10.5 Å². The largest absolute Gasteiger partial charge is 0.573 e. The molecule has 0 aliphatic rings. The van der Waals surface area contributed by atoms with Crippen molar-refractivity contribution in [1.82, 2.24) is 0 Å². The number of halogens is 5. The smallest absolute Gasteiger partial charge is 0.404 e. The van der Waals surface area contributed by atoms with Crippen LogP contribution in [0, 0.1) is 0 Å². The first-order valence-electron chi connectivity index (χ1n) is 5.21. The molecule has 0 bridgehead atoms. The van der Waals surface area contributed by atoms with Crippen LogP contribution in [0.15, 0.2) is 35.7 Å². The fourth-order valence-electron chi connectivity index (χ4n) is 1.55. The molecule has 0 aliphatic heterocycles. The van der Waals surface area contributed by atoms with Gasteiger partial charge in [-0.2, -0.15) is 0 Å². The van der Waals surface area contributed by atoms with Gasteiger partial charge in [-0.15, -0.1) is 36.9 Å². The lowest BCUT2D eigenvalue weighted by Crippen LogP contribution is -2.17. The summed E-state index contributed by atoms with van der Waals surface area (Å²) < 4.78 is 40.1. The van der Waals surface area contributed by atoms with Crippen LogP contribution in [0.25, 0.3) is 0 Å². The number of hydrogen-bond acceptors (Lipinski definition) is 3. The standard InChI is InChI=1S/C12H9ClF3NOS.ClH/c13-8-6-7(11(17)10-2-1-5-19-10)3-4-9(8)18-12(14,15)16;/h1-6,11H,17H2;1H/t11-;/m0./s1. The van der Waals surface area contributed by atoms with Gasteiger partial charge in [0, 0.05) is 4.88 Å². The van der Waals surface area contributed by atoms with Gasteiger partial charge in [0.25, 0.3) is 0 Å². The molecule has 1 aromatic carbocycles. The first-order valence-corrected chi connectivity index (χ1v) is 6.47. The molecular formula is C12H10Cl2F3NOS. The van der Waals surface area contributed by atoms with Gasteiger partial charge in [0.15, 0.2) is 0 Å². The van der Waals surface area contributed by atoms with Gasteiger partial charge in [0.05, 0.1) is 11.1 Å². The third-order valence-corrected chi connectivity index (χ3v) is 3.64. The molecule has 8 heteroatoms. The number of hydrogen-bond donors (Lipinski definition) is 1. The summed E-state index contributed by atoms with van der Waals surface area (Å²) in [5.41, 5.74) is 6.62. The molecule has 0 unspecified atom stereocenters. The Morgan fingerprint density at radius 1 is 1.25 bits per heavy atom. The fraction of sp³-hybridized carbons (Fsp3) is 0.167. The zero-order chi connectivity index (χ0) is 14.0. The van der Waals surface area contributed by atoms with E-state index >= 15 is 0 Å². The first kappa shape index (κ1) is 17.1. The second-order valence-electron chi connectivity index (χ2n) is 3.73. The van der Waals surface area contributed by atoms with Crippen molar-refractivity contribution in [2.45, 2.75) is 12.4 Å². The van der Waals surface area contributed by atoms with Crippen molar-refractivity contribution >= 4 is 35.3 Å². The maximum absolute atomic E-state index is 12.1. The second kappa shape index (κ2) is 6.67. The molecule has 1 atom stereocenters. The Labute approximate surface area is 128 Å². The van der Waals surface area contributed by atoms with Crippen molar-refractivity contribution in [3.05, 3.63) is 51.2 Å². The minimum atomic E-state index is -4.76. The summed E-state index contributed by atoms with van der Waals surface area (Å²) in [6.07, 6.45) is -4.76. The Morgan fingerprint density at radius 3 is 2.45 bits per heavy atom. The summed E-state index contributed by atoms with van der Waals surface area (Å²) in [6, 6.07) is 7.30. The predicted molar refractivity (Wildman–Crippen MR) is 75.7 cm³/mol. The van der Waals surface area contributed by atoms with Crippen molar-refractivity contribution < 1.29 is 17.9 Å². The van der Waals surface area contributed by atoms with E-state index in [-0.39, 0.29) is 17.4 Å². The van der Waals surface area contributed by atoms with Crippen molar-refractivity contribution in [3.8, 4) is 5.75 Å². The molecule has 0 saturated heterocycles. The molecule has 20 heavy (non-hydrogen) atoms. The molecule has 2 aromatic rings. The molecule has 1 aromatic heterocycles. The summed E-state index contributed by atoms with van der Waals surface area (Å²) in [6.45, 7) is 0. The lowest BCUT2D eigenvalue weighted by Gasteiger charge is -2.14. The maximum atomic E-state index is 12.1. The minimum Gasteiger partial charge on any atom is -0.404 e. The first-order chi connectivity index (χ1) is 8.87. The van der Waals surface area contributed by atoms with Gasteiger partial charge in [-0.25, -0.2) is 0 Å². The normalized spacial score (nSPS) is 12.7. The zero-order valence-corrected chi connectivity index (χ0v) is 12.2. The molecule has 2 nitrogen and oxygen atoms in total. The highest BCUT2D eigenvalue weighted by Gasteiger charge is 2.32. The molecule has 1 heterocycles. The van der Waals surface area contributed by atoms with Crippen LogP contribution in [0.3, 0.4) is 0 Å². The molecule has 0 aliphatic carbocycles. The van der Waals surface area contributed by atoms with Crippen LogP contribution in [0.4, 0.5) is 13.2 Å². The van der Waals surface area contributed by atoms with Gasteiger partial charge in [-0.1, -0.05) is 23.7 Å². The van der Waals surface area contributed by atoms with Gasteiger partial charge < -0.3 is 10.5 Å². The van der Waals surface area contributed by atoms with E-state index in [1.807, 2.05) is 17.5 Å². The van der Waals surface area contributed by atoms with Crippen LogP contribution >= 0.6 is 35.3 Å². The molecule has 0 radical (unpaired) electrons. The average Bonchev–Trinajstić information content (AvgIpc) is 2.82. The zero-order valence-electron chi connectivity index (χ0n) is 9.86. The number of ether oxygens (including phenoxy) is 1. The van der Waals surface area contributed by atoms with E-state index in [9.17, 15) is 13.2 Å². The van der Waals surface area contributed by atoms with Gasteiger partial charge >= 0.3 is 6.36 Å². The Morgan fingerprint density at radius 2 is 1.95 bits per heavy atom. The van der Waals surface area contributed by atoms with Crippen LogP contribution in [-0.2, 0) is 0 Å². The summed E-state index contributed by atoms with van der Waals surface area (Å²) in [7, 11) is 0. The van der Waals surface area contributed by atoms with Crippen LogP contribution in [0.1, 0.15) is 16.5 Å². The summed E-state index contributed by atoms with van der Waals surface area (Å²) in [5, 5.41) is 1.75. The fourth-order valence-corrected chi connectivity index (χ4v) is 2.53. The van der Waals surface area contributed by atoms with Crippen molar-refractivity contribution in [2.75, 3.05) is 0 Å². The van der Waals surface area contributed by atoms with Crippen molar-refractivity contribution in [2.24, 2.45) is 5.73 Å².